The maximum atomic E-state index is 11.3. The summed E-state index contributed by atoms with van der Waals surface area (Å²) in [5.74, 6) is 0.680. The maximum Gasteiger partial charge on any atom is 0.253 e. The van der Waals surface area contributed by atoms with E-state index in [4.69, 9.17) is 4.74 Å². The fraction of sp³-hybridized carbons (Fsp3) is 0.167. The summed E-state index contributed by atoms with van der Waals surface area (Å²) >= 11 is 0. The first-order valence-corrected chi connectivity index (χ1v) is 5.09. The molecular formula is C12H12N2O3. The lowest BCUT2D eigenvalue weighted by atomic mass is 10.2. The van der Waals surface area contributed by atoms with Crippen LogP contribution in [0.1, 0.15) is 0 Å². The Balaban J connectivity index is 2.29. The molecule has 17 heavy (non-hydrogen) atoms. The van der Waals surface area contributed by atoms with Crippen LogP contribution in [0.3, 0.4) is 0 Å². The maximum absolute atomic E-state index is 11.3. The van der Waals surface area contributed by atoms with Crippen LogP contribution in [-0.4, -0.2) is 14.2 Å². The number of hydrogen-bond donors (Lipinski definition) is 2. The Morgan fingerprint density at radius 2 is 1.82 bits per heavy atom. The highest BCUT2D eigenvalue weighted by Crippen LogP contribution is 2.23. The van der Waals surface area contributed by atoms with Gasteiger partial charge in [-0.15, -0.1) is 0 Å². The van der Waals surface area contributed by atoms with Gasteiger partial charge in [-0.1, -0.05) is 6.07 Å². The monoisotopic (exact) mass is 232 g/mol. The van der Waals surface area contributed by atoms with Gasteiger partial charge in [0, 0.05) is 18.8 Å². The van der Waals surface area contributed by atoms with Crippen molar-refractivity contribution in [1.29, 1.82) is 0 Å². The van der Waals surface area contributed by atoms with Crippen molar-refractivity contribution in [2.45, 2.75) is 0 Å². The molecule has 2 aromatic carbocycles. The summed E-state index contributed by atoms with van der Waals surface area (Å²) < 4.78 is 5.07. The molecule has 5 nitrogen and oxygen atoms in total. The molecule has 0 amide bonds. The second-order valence-electron chi connectivity index (χ2n) is 3.52. The van der Waals surface area contributed by atoms with Crippen LogP contribution in [0, 0.1) is 0 Å². The molecule has 2 aromatic rings. The molecule has 0 aliphatic rings. The van der Waals surface area contributed by atoms with Gasteiger partial charge in [-0.25, -0.2) is 0 Å². The number of rotatable bonds is 4. The second-order valence-corrected chi connectivity index (χ2v) is 3.52. The predicted molar refractivity (Wildman–Crippen MR) is 67.2 cm³/mol. The quantitative estimate of drug-likeness (QED) is 0.772. The van der Waals surface area contributed by atoms with Crippen LogP contribution < -0.4 is 26.2 Å². The van der Waals surface area contributed by atoms with E-state index in [1.165, 1.54) is 0 Å². The van der Waals surface area contributed by atoms with E-state index in [0.717, 1.165) is 0 Å². The third kappa shape index (κ3) is 1.87. The first-order valence-electron chi connectivity index (χ1n) is 5.09. The van der Waals surface area contributed by atoms with Crippen molar-refractivity contribution in [2.24, 2.45) is 0 Å². The average Bonchev–Trinajstić information content (AvgIpc) is 2.38. The van der Waals surface area contributed by atoms with Crippen LogP contribution in [0.15, 0.2) is 33.9 Å². The molecule has 0 fully saturated rings. The van der Waals surface area contributed by atoms with Crippen molar-refractivity contribution in [3.63, 3.8) is 0 Å². The van der Waals surface area contributed by atoms with Crippen LogP contribution >= 0.6 is 0 Å². The summed E-state index contributed by atoms with van der Waals surface area (Å²) in [4.78, 5) is 22.5. The molecule has 0 unspecified atom stereocenters. The Bertz CT molecular complexity index is 612. The van der Waals surface area contributed by atoms with Crippen molar-refractivity contribution >= 4 is 17.1 Å². The van der Waals surface area contributed by atoms with Crippen molar-refractivity contribution in [1.82, 2.24) is 0 Å². The summed E-state index contributed by atoms with van der Waals surface area (Å²) in [5, 5.41) is 5.60. The van der Waals surface area contributed by atoms with Crippen LogP contribution in [0.5, 0.6) is 5.75 Å². The second kappa shape index (κ2) is 4.29. The third-order valence-electron chi connectivity index (χ3n) is 2.50. The van der Waals surface area contributed by atoms with E-state index in [1.807, 2.05) is 0 Å². The smallest absolute Gasteiger partial charge is 0.253 e. The van der Waals surface area contributed by atoms with Gasteiger partial charge in [0.2, 0.25) is 0 Å². The Kier molecular flexibility index (Phi) is 2.82. The van der Waals surface area contributed by atoms with E-state index in [2.05, 4.69) is 10.6 Å². The molecule has 0 bridgehead atoms. The highest BCUT2D eigenvalue weighted by molar-refractivity contribution is 5.78. The Morgan fingerprint density at radius 1 is 1.12 bits per heavy atom. The van der Waals surface area contributed by atoms with Gasteiger partial charge in [0.1, 0.15) is 17.1 Å². The topological polar surface area (TPSA) is 67.4 Å². The molecular weight excluding hydrogens is 220 g/mol. The minimum Gasteiger partial charge on any atom is -0.497 e. The van der Waals surface area contributed by atoms with E-state index in [1.54, 1.807) is 38.4 Å². The predicted octanol–water partition coefficient (Wildman–Crippen LogP) is 1.08. The summed E-state index contributed by atoms with van der Waals surface area (Å²) in [6, 6.07) is 7.13. The summed E-state index contributed by atoms with van der Waals surface area (Å²) in [5.41, 5.74) is 0.326. The van der Waals surface area contributed by atoms with Gasteiger partial charge in [0.15, 0.2) is 0 Å². The normalized spacial score (nSPS) is 10.2. The summed E-state index contributed by atoms with van der Waals surface area (Å²) in [6.45, 7) is 0. The van der Waals surface area contributed by atoms with Crippen molar-refractivity contribution < 1.29 is 4.74 Å². The van der Waals surface area contributed by atoms with Gasteiger partial charge in [-0.3, -0.25) is 9.59 Å². The van der Waals surface area contributed by atoms with Crippen LogP contribution in [0.25, 0.3) is 0 Å². The van der Waals surface area contributed by atoms with E-state index < -0.39 is 10.9 Å². The molecule has 0 aliphatic carbocycles. The van der Waals surface area contributed by atoms with Crippen molar-refractivity contribution in [2.75, 3.05) is 24.8 Å². The van der Waals surface area contributed by atoms with E-state index in [0.29, 0.717) is 22.8 Å². The van der Waals surface area contributed by atoms with Gasteiger partial charge in [-0.2, -0.15) is 0 Å². The molecule has 0 atom stereocenters. The van der Waals surface area contributed by atoms with E-state index >= 15 is 0 Å². The number of methoxy groups -OCH3 is 1. The number of hydrogen-bond acceptors (Lipinski definition) is 5. The Morgan fingerprint density at radius 3 is 2.47 bits per heavy atom. The van der Waals surface area contributed by atoms with Gasteiger partial charge < -0.3 is 15.4 Å². The fourth-order valence-corrected chi connectivity index (χ4v) is 1.59. The first-order chi connectivity index (χ1) is 8.17. The highest BCUT2D eigenvalue weighted by Gasteiger charge is 2.19. The summed E-state index contributed by atoms with van der Waals surface area (Å²) in [7, 11) is 3.17. The molecule has 2 rings (SSSR count). The lowest BCUT2D eigenvalue weighted by Gasteiger charge is -2.13. The molecule has 5 heteroatoms. The zero-order valence-corrected chi connectivity index (χ0v) is 9.53. The van der Waals surface area contributed by atoms with Gasteiger partial charge in [0.25, 0.3) is 10.9 Å². The van der Waals surface area contributed by atoms with Crippen LogP contribution in [0.2, 0.25) is 0 Å². The molecule has 2 N–H and O–H groups in total. The Labute approximate surface area is 97.7 Å². The van der Waals surface area contributed by atoms with Crippen molar-refractivity contribution in [3.05, 3.63) is 44.7 Å². The lowest BCUT2D eigenvalue weighted by Crippen LogP contribution is -2.35. The largest absolute Gasteiger partial charge is 0.497 e. The van der Waals surface area contributed by atoms with Gasteiger partial charge >= 0.3 is 0 Å². The molecule has 0 saturated heterocycles. The Hall–Kier alpha value is -2.30. The number of benzene rings is 1. The summed E-state index contributed by atoms with van der Waals surface area (Å²) in [6.07, 6.45) is 0. The number of nitrogens with one attached hydrogen (secondary N) is 2. The van der Waals surface area contributed by atoms with Crippen LogP contribution in [-0.2, 0) is 0 Å². The zero-order chi connectivity index (χ0) is 12.4. The molecule has 0 radical (unpaired) electrons. The number of anilines is 3. The van der Waals surface area contributed by atoms with E-state index in [9.17, 15) is 9.59 Å². The van der Waals surface area contributed by atoms with Gasteiger partial charge in [0.05, 0.1) is 7.11 Å². The molecule has 88 valence electrons. The van der Waals surface area contributed by atoms with Crippen LogP contribution in [0.4, 0.5) is 17.1 Å². The lowest BCUT2D eigenvalue weighted by molar-refractivity contribution is 0.415. The standard InChI is InChI=1S/C12H12N2O3/c1-13-9-10(12(16)11(9)15)14-7-4-3-5-8(6-7)17-2/h3-6,13-14H,1-2H3. The van der Waals surface area contributed by atoms with Gasteiger partial charge in [-0.05, 0) is 12.1 Å². The minimum atomic E-state index is -0.503. The highest BCUT2D eigenvalue weighted by atomic mass is 16.5. The molecule has 0 heterocycles. The molecule has 0 aliphatic heterocycles. The molecule has 0 aromatic heterocycles. The minimum absolute atomic E-state index is 0.297. The number of ether oxygens (including phenoxy) is 1. The fourth-order valence-electron chi connectivity index (χ4n) is 1.59. The SMILES string of the molecule is CNc1c(Nc2cccc(OC)c2)c(=O)c1=O. The molecule has 0 saturated carbocycles. The average molecular weight is 232 g/mol. The zero-order valence-electron chi connectivity index (χ0n) is 9.53. The van der Waals surface area contributed by atoms with E-state index in [-0.39, 0.29) is 0 Å². The first kappa shape index (κ1) is 11.2. The third-order valence-corrected chi connectivity index (χ3v) is 2.50. The molecule has 0 spiro atoms. The van der Waals surface area contributed by atoms with Crippen molar-refractivity contribution in [3.8, 4) is 5.75 Å².